The average Bonchev–Trinajstić information content (AvgIpc) is 3.17. The van der Waals surface area contributed by atoms with Crippen LogP contribution in [0.2, 0.25) is 0 Å². The Morgan fingerprint density at radius 1 is 1.43 bits per heavy atom. The molecule has 0 aliphatic carbocycles. The zero-order chi connectivity index (χ0) is 16.4. The van der Waals surface area contributed by atoms with Gasteiger partial charge in [0.2, 0.25) is 11.8 Å². The molecule has 3 heterocycles. The second-order valence-corrected chi connectivity index (χ2v) is 7.79. The molecule has 0 aromatic carbocycles. The molecule has 3 rings (SSSR count). The molecule has 1 unspecified atom stereocenters. The van der Waals surface area contributed by atoms with E-state index in [0.29, 0.717) is 30.4 Å². The van der Waals surface area contributed by atoms with E-state index in [1.807, 2.05) is 0 Å². The number of aromatic nitrogens is 2. The first-order valence-corrected chi connectivity index (χ1v) is 9.12. The molecule has 1 saturated heterocycles. The lowest BCUT2D eigenvalue weighted by atomic mass is 10.2. The minimum absolute atomic E-state index is 0.0171. The Bertz CT molecular complexity index is 808. The lowest BCUT2D eigenvalue weighted by Crippen LogP contribution is -2.35. The van der Waals surface area contributed by atoms with Crippen molar-refractivity contribution >= 4 is 15.7 Å². The molecule has 0 saturated carbocycles. The molecule has 23 heavy (non-hydrogen) atoms. The summed E-state index contributed by atoms with van der Waals surface area (Å²) in [6.07, 6.45) is 2.48. The summed E-state index contributed by atoms with van der Waals surface area (Å²) in [4.78, 5) is 11.9. The van der Waals surface area contributed by atoms with Crippen LogP contribution in [-0.4, -0.2) is 42.1 Å². The van der Waals surface area contributed by atoms with Gasteiger partial charge in [0.25, 0.3) is 5.89 Å². The fraction of sp³-hybridized carbons (Fsp3) is 0.500. The summed E-state index contributed by atoms with van der Waals surface area (Å²) in [6, 6.07) is 1.44. The van der Waals surface area contributed by atoms with E-state index in [1.54, 1.807) is 13.0 Å². The first-order chi connectivity index (χ1) is 10.9. The Balaban J connectivity index is 1.52. The second kappa shape index (κ2) is 6.15. The van der Waals surface area contributed by atoms with Crippen LogP contribution >= 0.6 is 0 Å². The fourth-order valence-electron chi connectivity index (χ4n) is 2.50. The zero-order valence-corrected chi connectivity index (χ0v) is 13.4. The summed E-state index contributed by atoms with van der Waals surface area (Å²) >= 11 is 0. The standard InChI is InChI=1S/C14H17N3O5S/c1-9-11(4-6-21-9)14-17-16-13(22-14)3-2-12(18)15-10-5-7-23(19,20)8-10/h4,6,10H,2-3,5,7-8H2,1H3,(H,15,18). The predicted octanol–water partition coefficient (Wildman–Crippen LogP) is 0.874. The number of hydrogen-bond acceptors (Lipinski definition) is 7. The van der Waals surface area contributed by atoms with Crippen molar-refractivity contribution in [3.8, 4) is 11.5 Å². The number of nitrogens with zero attached hydrogens (tertiary/aromatic N) is 2. The van der Waals surface area contributed by atoms with Gasteiger partial charge in [0.1, 0.15) is 5.76 Å². The molecule has 0 spiro atoms. The van der Waals surface area contributed by atoms with E-state index in [2.05, 4.69) is 15.5 Å². The third-order valence-corrected chi connectivity index (χ3v) is 5.49. The quantitative estimate of drug-likeness (QED) is 0.859. The van der Waals surface area contributed by atoms with E-state index < -0.39 is 9.84 Å². The highest BCUT2D eigenvalue weighted by molar-refractivity contribution is 7.91. The monoisotopic (exact) mass is 339 g/mol. The summed E-state index contributed by atoms with van der Waals surface area (Å²) in [5, 5.41) is 10.6. The van der Waals surface area contributed by atoms with Crippen LogP contribution in [-0.2, 0) is 21.1 Å². The Morgan fingerprint density at radius 3 is 2.91 bits per heavy atom. The number of aryl methyl sites for hydroxylation is 2. The summed E-state index contributed by atoms with van der Waals surface area (Å²) in [5.41, 5.74) is 0.726. The summed E-state index contributed by atoms with van der Waals surface area (Å²) < 4.78 is 33.4. The number of nitrogens with one attached hydrogen (secondary N) is 1. The molecule has 1 aliphatic heterocycles. The molecule has 0 bridgehead atoms. The van der Waals surface area contributed by atoms with Crippen LogP contribution in [0.15, 0.2) is 21.2 Å². The number of hydrogen-bond donors (Lipinski definition) is 1. The first-order valence-electron chi connectivity index (χ1n) is 7.29. The molecule has 1 N–H and O–H groups in total. The maximum absolute atomic E-state index is 11.9. The second-order valence-electron chi connectivity index (χ2n) is 5.56. The Morgan fingerprint density at radius 2 is 2.26 bits per heavy atom. The largest absolute Gasteiger partial charge is 0.469 e. The Labute approximate surface area is 133 Å². The van der Waals surface area contributed by atoms with Crippen molar-refractivity contribution in [1.82, 2.24) is 15.5 Å². The van der Waals surface area contributed by atoms with E-state index in [0.717, 1.165) is 5.56 Å². The van der Waals surface area contributed by atoms with Crippen molar-refractivity contribution in [2.45, 2.75) is 32.2 Å². The van der Waals surface area contributed by atoms with Gasteiger partial charge in [-0.1, -0.05) is 0 Å². The van der Waals surface area contributed by atoms with Gasteiger partial charge in [-0.15, -0.1) is 10.2 Å². The van der Waals surface area contributed by atoms with Crippen molar-refractivity contribution in [2.24, 2.45) is 0 Å². The van der Waals surface area contributed by atoms with E-state index in [4.69, 9.17) is 8.83 Å². The van der Waals surface area contributed by atoms with Gasteiger partial charge in [-0.05, 0) is 19.4 Å². The molecule has 1 atom stereocenters. The topological polar surface area (TPSA) is 115 Å². The lowest BCUT2D eigenvalue weighted by molar-refractivity contribution is -0.121. The number of amides is 1. The van der Waals surface area contributed by atoms with E-state index in [-0.39, 0.29) is 29.9 Å². The molecule has 0 radical (unpaired) electrons. The van der Waals surface area contributed by atoms with Crippen LogP contribution in [0.1, 0.15) is 24.5 Å². The van der Waals surface area contributed by atoms with E-state index in [1.165, 1.54) is 6.26 Å². The van der Waals surface area contributed by atoms with E-state index >= 15 is 0 Å². The first kappa shape index (κ1) is 15.7. The van der Waals surface area contributed by atoms with Gasteiger partial charge in [0.05, 0.1) is 23.3 Å². The van der Waals surface area contributed by atoms with Crippen LogP contribution in [0.25, 0.3) is 11.5 Å². The number of carbonyl (C=O) groups excluding carboxylic acids is 1. The smallest absolute Gasteiger partial charge is 0.251 e. The van der Waals surface area contributed by atoms with Crippen LogP contribution in [0.5, 0.6) is 0 Å². The molecule has 1 aliphatic rings. The van der Waals surface area contributed by atoms with Gasteiger partial charge >= 0.3 is 0 Å². The number of rotatable bonds is 5. The van der Waals surface area contributed by atoms with Gasteiger partial charge in [-0.2, -0.15) is 0 Å². The van der Waals surface area contributed by atoms with Gasteiger partial charge in [0.15, 0.2) is 9.84 Å². The van der Waals surface area contributed by atoms with E-state index in [9.17, 15) is 13.2 Å². The minimum Gasteiger partial charge on any atom is -0.469 e. The molecular weight excluding hydrogens is 322 g/mol. The lowest BCUT2D eigenvalue weighted by Gasteiger charge is -2.09. The molecular formula is C14H17N3O5S. The van der Waals surface area contributed by atoms with Crippen LogP contribution in [0.4, 0.5) is 0 Å². The molecule has 8 nitrogen and oxygen atoms in total. The maximum atomic E-state index is 11.9. The maximum Gasteiger partial charge on any atom is 0.251 e. The molecule has 124 valence electrons. The molecule has 1 amide bonds. The van der Waals surface area contributed by atoms with Gasteiger partial charge in [-0.25, -0.2) is 8.42 Å². The summed E-state index contributed by atoms with van der Waals surface area (Å²) in [6.45, 7) is 1.79. The summed E-state index contributed by atoms with van der Waals surface area (Å²) in [5.74, 6) is 1.33. The van der Waals surface area contributed by atoms with Crippen LogP contribution in [0, 0.1) is 6.92 Å². The molecule has 1 fully saturated rings. The molecule has 2 aromatic rings. The van der Waals surface area contributed by atoms with Crippen molar-refractivity contribution in [3.05, 3.63) is 24.0 Å². The third-order valence-electron chi connectivity index (χ3n) is 3.72. The average molecular weight is 339 g/mol. The SMILES string of the molecule is Cc1occc1-c1nnc(CCC(=O)NC2CCS(=O)(=O)C2)o1. The highest BCUT2D eigenvalue weighted by Crippen LogP contribution is 2.23. The number of sulfone groups is 1. The molecule has 9 heteroatoms. The zero-order valence-electron chi connectivity index (χ0n) is 12.6. The van der Waals surface area contributed by atoms with Crippen molar-refractivity contribution in [1.29, 1.82) is 0 Å². The van der Waals surface area contributed by atoms with Crippen molar-refractivity contribution in [2.75, 3.05) is 11.5 Å². The molecule has 2 aromatic heterocycles. The highest BCUT2D eigenvalue weighted by Gasteiger charge is 2.28. The van der Waals surface area contributed by atoms with Gasteiger partial charge < -0.3 is 14.2 Å². The predicted molar refractivity (Wildman–Crippen MR) is 80.3 cm³/mol. The van der Waals surface area contributed by atoms with Crippen molar-refractivity contribution < 1.29 is 22.0 Å². The van der Waals surface area contributed by atoms with Gasteiger partial charge in [0, 0.05) is 18.9 Å². The highest BCUT2D eigenvalue weighted by atomic mass is 32.2. The normalized spacial score (nSPS) is 19.8. The Hall–Kier alpha value is -2.16. The van der Waals surface area contributed by atoms with Crippen LogP contribution in [0.3, 0.4) is 0 Å². The van der Waals surface area contributed by atoms with Crippen molar-refractivity contribution in [3.63, 3.8) is 0 Å². The minimum atomic E-state index is -3.00. The number of carbonyl (C=O) groups is 1. The third kappa shape index (κ3) is 3.79. The van der Waals surface area contributed by atoms with Crippen LogP contribution < -0.4 is 5.32 Å². The Kier molecular flexibility index (Phi) is 4.20. The number of furan rings is 1. The van der Waals surface area contributed by atoms with Gasteiger partial charge in [-0.3, -0.25) is 4.79 Å². The summed E-state index contributed by atoms with van der Waals surface area (Å²) in [7, 11) is -3.00. The fourth-order valence-corrected chi connectivity index (χ4v) is 4.17.